The van der Waals surface area contributed by atoms with Crippen LogP contribution in [0.3, 0.4) is 0 Å². The smallest absolute Gasteiger partial charge is 0.277 e. The molecular weight excluding hydrogens is 148 g/mol. The molecule has 1 heterocycles. The molecule has 0 saturated heterocycles. The van der Waals surface area contributed by atoms with E-state index >= 15 is 0 Å². The maximum atomic E-state index is 10.2. The first-order valence-corrected chi connectivity index (χ1v) is 2.81. The van der Waals surface area contributed by atoms with Crippen molar-refractivity contribution in [3.8, 4) is 0 Å². The second-order valence-corrected chi connectivity index (χ2v) is 1.64. The van der Waals surface area contributed by atoms with Crippen LogP contribution in [0, 0.1) is 0 Å². The average molecular weight is 154 g/mol. The predicted molar refractivity (Wildman–Crippen MR) is 36.3 cm³/mol. The maximum Gasteiger partial charge on any atom is 0.311 e. The van der Waals surface area contributed by atoms with Crippen LogP contribution >= 0.6 is 0 Å². The summed E-state index contributed by atoms with van der Waals surface area (Å²) in [7, 11) is 0. The number of aliphatic imine (C=N–C) groups is 1. The summed E-state index contributed by atoms with van der Waals surface area (Å²) in [6, 6.07) is 0. The van der Waals surface area contributed by atoms with E-state index in [2.05, 4.69) is 10.4 Å². The molecule has 0 aromatic rings. The summed E-state index contributed by atoms with van der Waals surface area (Å²) in [5.74, 6) is 0. The third-order valence-electron chi connectivity index (χ3n) is 1.02. The predicted octanol–water partition coefficient (Wildman–Crippen LogP) is -1.83. The van der Waals surface area contributed by atoms with Crippen molar-refractivity contribution in [3.63, 3.8) is 0 Å². The molecule has 2 amide bonds. The average Bonchev–Trinajstić information content (AvgIpc) is 2.52. The van der Waals surface area contributed by atoms with Crippen molar-refractivity contribution in [2.24, 2.45) is 0 Å². The number of rotatable bonds is 4. The lowest BCUT2D eigenvalue weighted by Crippen LogP contribution is -2.45. The molecule has 1 rings (SSSR count). The van der Waals surface area contributed by atoms with Crippen molar-refractivity contribution in [3.05, 3.63) is 12.4 Å². The molecule has 1 radical (unpaired) electrons. The van der Waals surface area contributed by atoms with Crippen LogP contribution in [0.5, 0.6) is 0 Å². The highest BCUT2D eigenvalue weighted by atomic mass is 16.2. The summed E-state index contributed by atoms with van der Waals surface area (Å²) in [5.41, 5.74) is 2.14. The Balaban J connectivity index is 2.53. The molecule has 1 N–H and O–H groups in total. The first-order valence-electron chi connectivity index (χ1n) is 2.81. The molecule has 11 heavy (non-hydrogen) atoms. The molecule has 1 aliphatic heterocycles. The summed E-state index contributed by atoms with van der Waals surface area (Å²) in [6.45, 7) is 0. The Hall–Kier alpha value is -1.85. The maximum absolute atomic E-state index is 10.2. The molecule has 0 bridgehead atoms. The highest BCUT2D eigenvalue weighted by Crippen LogP contribution is 1.90. The highest BCUT2D eigenvalue weighted by Gasteiger charge is 2.17. The Morgan fingerprint density at radius 3 is 2.82 bits per heavy atom. The van der Waals surface area contributed by atoms with Gasteiger partial charge < -0.3 is 0 Å². The summed E-state index contributed by atoms with van der Waals surface area (Å²) < 4.78 is 0. The third kappa shape index (κ3) is 1.54. The van der Waals surface area contributed by atoms with Gasteiger partial charge in [-0.1, -0.05) is 10.1 Å². The second-order valence-electron chi connectivity index (χ2n) is 1.64. The quantitative estimate of drug-likeness (QED) is 0.382. The van der Waals surface area contributed by atoms with E-state index in [-0.39, 0.29) is 0 Å². The second kappa shape index (κ2) is 3.35. The summed E-state index contributed by atoms with van der Waals surface area (Å²) in [4.78, 5) is 23.9. The Kier molecular flexibility index (Phi) is 2.21. The topological polar surface area (TPSA) is 66.8 Å². The molecule has 0 unspecified atom stereocenters. The molecule has 1 aliphatic rings. The number of hydrazine groups is 2. The zero-order valence-corrected chi connectivity index (χ0v) is 5.54. The number of hydrogen-bond acceptors (Lipinski definition) is 4. The molecule has 6 heteroatoms. The molecule has 0 atom stereocenters. The number of carbonyl (C=O) groups is 2. The van der Waals surface area contributed by atoms with Crippen molar-refractivity contribution in [1.82, 2.24) is 20.5 Å². The normalized spacial score (nSPS) is 13.3. The molecule has 0 saturated carbocycles. The van der Waals surface area contributed by atoms with E-state index in [1.54, 1.807) is 0 Å². The standard InChI is InChI=1S/C5H6N4O2/c10-4-7-9(5-11)8-2-1-6-3-8/h1-5H,(H,7,10)/q+1. The van der Waals surface area contributed by atoms with E-state index in [1.165, 1.54) is 23.7 Å². The van der Waals surface area contributed by atoms with Crippen LogP contribution in [0.2, 0.25) is 0 Å². The number of hydrogen-bond donors (Lipinski definition) is 1. The lowest BCUT2D eigenvalue weighted by molar-refractivity contribution is -0.136. The Labute approximate surface area is 62.7 Å². The molecule has 0 aliphatic carbocycles. The largest absolute Gasteiger partial charge is 0.311 e. The number of nitrogens with one attached hydrogen (secondary N) is 1. The molecule has 0 spiro atoms. The van der Waals surface area contributed by atoms with Crippen LogP contribution in [0.25, 0.3) is 0 Å². The van der Waals surface area contributed by atoms with Gasteiger partial charge in [-0.25, -0.2) is 5.43 Å². The lowest BCUT2D eigenvalue weighted by atomic mass is 10.9. The summed E-state index contributed by atoms with van der Waals surface area (Å²) >= 11 is 0. The van der Waals surface area contributed by atoms with Gasteiger partial charge in [-0.15, -0.1) is 5.01 Å². The summed E-state index contributed by atoms with van der Waals surface area (Å²) in [6.07, 6.45) is 5.24. The third-order valence-corrected chi connectivity index (χ3v) is 1.02. The first kappa shape index (κ1) is 7.26. The van der Waals surface area contributed by atoms with Crippen molar-refractivity contribution in [1.29, 1.82) is 0 Å². The fourth-order valence-corrected chi connectivity index (χ4v) is 0.585. The molecular formula is C5H6N4O2+. The van der Waals surface area contributed by atoms with E-state index < -0.39 is 0 Å². The Morgan fingerprint density at radius 1 is 1.55 bits per heavy atom. The van der Waals surface area contributed by atoms with Crippen LogP contribution in [0.1, 0.15) is 0 Å². The van der Waals surface area contributed by atoms with Crippen molar-refractivity contribution in [2.45, 2.75) is 0 Å². The van der Waals surface area contributed by atoms with Crippen molar-refractivity contribution < 1.29 is 9.59 Å². The van der Waals surface area contributed by atoms with Gasteiger partial charge >= 0.3 is 6.34 Å². The van der Waals surface area contributed by atoms with Crippen LogP contribution < -0.4 is 10.4 Å². The lowest BCUT2D eigenvalue weighted by Gasteiger charge is -2.14. The molecule has 0 aromatic heterocycles. The molecule has 6 nitrogen and oxygen atoms in total. The van der Waals surface area contributed by atoms with Crippen LogP contribution in [-0.2, 0) is 9.59 Å². The Bertz CT molecular complexity index is 201. The molecule has 0 aromatic carbocycles. The Morgan fingerprint density at radius 2 is 2.36 bits per heavy atom. The van der Waals surface area contributed by atoms with Gasteiger partial charge in [0, 0.05) is 0 Å². The van der Waals surface area contributed by atoms with E-state index in [4.69, 9.17) is 0 Å². The minimum Gasteiger partial charge on any atom is -0.277 e. The van der Waals surface area contributed by atoms with Crippen LogP contribution in [0.4, 0.5) is 0 Å². The van der Waals surface area contributed by atoms with Gasteiger partial charge in [0.05, 0.1) is 0 Å². The van der Waals surface area contributed by atoms with E-state index in [0.29, 0.717) is 12.8 Å². The van der Waals surface area contributed by atoms with Gasteiger partial charge in [0.25, 0.3) is 6.41 Å². The van der Waals surface area contributed by atoms with Gasteiger partial charge in [-0.05, 0) is 0 Å². The summed E-state index contributed by atoms with van der Waals surface area (Å²) in [5, 5.41) is 2.27. The number of carbonyl (C=O) groups excluding carboxylic acids is 2. The zero-order valence-electron chi connectivity index (χ0n) is 5.54. The first-order chi connectivity index (χ1) is 5.38. The van der Waals surface area contributed by atoms with Crippen LogP contribution in [-0.4, -0.2) is 29.3 Å². The van der Waals surface area contributed by atoms with E-state index in [1.807, 2.05) is 0 Å². The van der Waals surface area contributed by atoms with Gasteiger partial charge in [-0.3, -0.25) is 9.59 Å². The van der Waals surface area contributed by atoms with Crippen LogP contribution in [0.15, 0.2) is 12.4 Å². The number of nitrogens with zero attached hydrogens (tertiary/aromatic N) is 3. The van der Waals surface area contributed by atoms with Crippen molar-refractivity contribution in [2.75, 3.05) is 0 Å². The fourth-order valence-electron chi connectivity index (χ4n) is 0.585. The van der Waals surface area contributed by atoms with Crippen molar-refractivity contribution >= 4 is 19.2 Å². The SMILES string of the molecule is O=CNN(C=O)N1C=C[N+]=C1. The number of amides is 2. The van der Waals surface area contributed by atoms with E-state index in [0.717, 1.165) is 5.12 Å². The zero-order chi connectivity index (χ0) is 8.10. The van der Waals surface area contributed by atoms with Gasteiger partial charge in [-0.2, -0.15) is 0 Å². The van der Waals surface area contributed by atoms with Gasteiger partial charge in [0.1, 0.15) is 0 Å². The minimum absolute atomic E-state index is 0.397. The highest BCUT2D eigenvalue weighted by molar-refractivity contribution is 5.63. The molecule has 57 valence electrons. The van der Waals surface area contributed by atoms with Gasteiger partial charge in [0.2, 0.25) is 6.41 Å². The minimum atomic E-state index is 0.397. The fraction of sp³-hybridized carbons (Fsp3) is 0. The monoisotopic (exact) mass is 154 g/mol. The van der Waals surface area contributed by atoms with E-state index in [9.17, 15) is 9.59 Å². The molecule has 0 fully saturated rings. The van der Waals surface area contributed by atoms with Gasteiger partial charge in [0.15, 0.2) is 12.4 Å².